The van der Waals surface area contributed by atoms with Gasteiger partial charge in [0, 0.05) is 18.7 Å². The van der Waals surface area contributed by atoms with Crippen molar-refractivity contribution in [3.63, 3.8) is 0 Å². The van der Waals surface area contributed by atoms with E-state index in [1.54, 1.807) is 0 Å². The fourth-order valence-electron chi connectivity index (χ4n) is 3.85. The van der Waals surface area contributed by atoms with Crippen LogP contribution in [0.2, 0.25) is 5.15 Å². The lowest BCUT2D eigenvalue weighted by molar-refractivity contribution is 0.183. The van der Waals surface area contributed by atoms with E-state index in [1.807, 2.05) is 11.7 Å². The summed E-state index contributed by atoms with van der Waals surface area (Å²) in [6, 6.07) is 0.814. The highest BCUT2D eigenvalue weighted by molar-refractivity contribution is 6.30. The zero-order valence-electron chi connectivity index (χ0n) is 13.5. The molecule has 1 aromatic rings. The molecular weight excluding hydrogens is 282 g/mol. The van der Waals surface area contributed by atoms with Crippen molar-refractivity contribution in [3.8, 4) is 0 Å². The maximum absolute atomic E-state index is 6.44. The standard InChI is InChI=1S/C17H28ClN3/c1-11-4-5-13(10-19-15-6-7-15)14(8-11)9-16-12(2)20-21(3)17(16)18/h11,13-15,19H,4-10H2,1-3H3. The van der Waals surface area contributed by atoms with E-state index in [1.165, 1.54) is 44.2 Å². The molecule has 2 saturated carbocycles. The molecule has 2 fully saturated rings. The van der Waals surface area contributed by atoms with Crippen LogP contribution in [-0.2, 0) is 13.5 Å². The molecule has 3 unspecified atom stereocenters. The molecule has 21 heavy (non-hydrogen) atoms. The zero-order chi connectivity index (χ0) is 15.0. The lowest BCUT2D eigenvalue weighted by Gasteiger charge is -2.35. The van der Waals surface area contributed by atoms with Gasteiger partial charge in [-0.15, -0.1) is 0 Å². The number of aryl methyl sites for hydroxylation is 2. The van der Waals surface area contributed by atoms with Crippen LogP contribution in [0.4, 0.5) is 0 Å². The number of hydrogen-bond acceptors (Lipinski definition) is 2. The van der Waals surface area contributed by atoms with Crippen LogP contribution in [0.3, 0.4) is 0 Å². The highest BCUT2D eigenvalue weighted by Crippen LogP contribution is 2.37. The Balaban J connectivity index is 1.68. The van der Waals surface area contributed by atoms with E-state index in [9.17, 15) is 0 Å². The fraction of sp³-hybridized carbons (Fsp3) is 0.824. The summed E-state index contributed by atoms with van der Waals surface area (Å²) < 4.78 is 1.82. The second-order valence-corrected chi connectivity index (χ2v) is 7.66. The SMILES string of the molecule is Cc1nn(C)c(Cl)c1CC1CC(C)CCC1CNC1CC1. The topological polar surface area (TPSA) is 29.9 Å². The summed E-state index contributed by atoms with van der Waals surface area (Å²) in [5.41, 5.74) is 2.38. The molecule has 4 heteroatoms. The molecule has 1 aromatic heterocycles. The second kappa shape index (κ2) is 6.29. The van der Waals surface area contributed by atoms with E-state index in [2.05, 4.69) is 24.3 Å². The number of rotatable bonds is 5. The Labute approximate surface area is 133 Å². The van der Waals surface area contributed by atoms with Gasteiger partial charge in [0.15, 0.2) is 0 Å². The summed E-state index contributed by atoms with van der Waals surface area (Å²) in [4.78, 5) is 0. The van der Waals surface area contributed by atoms with Crippen LogP contribution in [0.1, 0.15) is 50.3 Å². The van der Waals surface area contributed by atoms with Gasteiger partial charge in [0.2, 0.25) is 0 Å². The highest BCUT2D eigenvalue weighted by atomic mass is 35.5. The Morgan fingerprint density at radius 2 is 2.00 bits per heavy atom. The van der Waals surface area contributed by atoms with Gasteiger partial charge < -0.3 is 5.32 Å². The minimum absolute atomic E-state index is 0.750. The summed E-state index contributed by atoms with van der Waals surface area (Å²) >= 11 is 6.44. The van der Waals surface area contributed by atoms with Gasteiger partial charge in [-0.25, -0.2) is 0 Å². The van der Waals surface area contributed by atoms with Gasteiger partial charge in [-0.05, 0) is 63.3 Å². The maximum atomic E-state index is 6.44. The van der Waals surface area contributed by atoms with Crippen molar-refractivity contribution in [2.24, 2.45) is 24.8 Å². The molecule has 0 aromatic carbocycles. The highest BCUT2D eigenvalue weighted by Gasteiger charge is 2.31. The van der Waals surface area contributed by atoms with Crippen LogP contribution in [0, 0.1) is 24.7 Å². The van der Waals surface area contributed by atoms with Gasteiger partial charge in [0.1, 0.15) is 5.15 Å². The van der Waals surface area contributed by atoms with Crippen LogP contribution in [0.25, 0.3) is 0 Å². The largest absolute Gasteiger partial charge is 0.314 e. The fourth-order valence-corrected chi connectivity index (χ4v) is 4.11. The summed E-state index contributed by atoms with van der Waals surface area (Å²) in [6.07, 6.45) is 7.93. The molecule has 0 amide bonds. The molecule has 118 valence electrons. The molecule has 3 rings (SSSR count). The Morgan fingerprint density at radius 3 is 2.62 bits per heavy atom. The maximum Gasteiger partial charge on any atom is 0.130 e. The van der Waals surface area contributed by atoms with E-state index in [0.29, 0.717) is 0 Å². The third-order valence-corrected chi connectivity index (χ3v) is 5.86. The van der Waals surface area contributed by atoms with Crippen LogP contribution >= 0.6 is 11.6 Å². The van der Waals surface area contributed by atoms with Crippen molar-refractivity contribution in [3.05, 3.63) is 16.4 Å². The molecule has 0 radical (unpaired) electrons. The van der Waals surface area contributed by atoms with E-state index < -0.39 is 0 Å². The van der Waals surface area contributed by atoms with E-state index in [0.717, 1.165) is 41.1 Å². The number of nitrogens with one attached hydrogen (secondary N) is 1. The van der Waals surface area contributed by atoms with Crippen LogP contribution in [-0.4, -0.2) is 22.4 Å². The Kier molecular flexibility index (Phi) is 4.60. The Hall–Kier alpha value is -0.540. The molecule has 0 bridgehead atoms. The first kappa shape index (κ1) is 15.4. The smallest absolute Gasteiger partial charge is 0.130 e. The van der Waals surface area contributed by atoms with Gasteiger partial charge in [-0.1, -0.05) is 24.9 Å². The van der Waals surface area contributed by atoms with Gasteiger partial charge in [-0.3, -0.25) is 4.68 Å². The molecule has 3 atom stereocenters. The second-order valence-electron chi connectivity index (χ2n) is 7.30. The average Bonchev–Trinajstić information content (AvgIpc) is 3.23. The summed E-state index contributed by atoms with van der Waals surface area (Å²) in [5.74, 6) is 2.40. The third-order valence-electron chi connectivity index (χ3n) is 5.38. The van der Waals surface area contributed by atoms with Crippen LogP contribution < -0.4 is 5.32 Å². The van der Waals surface area contributed by atoms with Gasteiger partial charge >= 0.3 is 0 Å². The van der Waals surface area contributed by atoms with Crippen molar-refractivity contribution in [1.82, 2.24) is 15.1 Å². The zero-order valence-corrected chi connectivity index (χ0v) is 14.3. The lowest BCUT2D eigenvalue weighted by Crippen LogP contribution is -2.34. The molecule has 3 nitrogen and oxygen atoms in total. The number of nitrogens with zero attached hydrogens (tertiary/aromatic N) is 2. The van der Waals surface area contributed by atoms with Gasteiger partial charge in [0.05, 0.1) is 5.69 Å². The predicted molar refractivity (Wildman–Crippen MR) is 87.7 cm³/mol. The van der Waals surface area contributed by atoms with E-state index in [4.69, 9.17) is 11.6 Å². The van der Waals surface area contributed by atoms with Crippen molar-refractivity contribution >= 4 is 11.6 Å². The number of halogens is 1. The minimum Gasteiger partial charge on any atom is -0.314 e. The first-order chi connectivity index (χ1) is 10.0. The van der Waals surface area contributed by atoms with Crippen molar-refractivity contribution in [2.45, 2.75) is 58.4 Å². The van der Waals surface area contributed by atoms with Crippen molar-refractivity contribution < 1.29 is 0 Å². The quantitative estimate of drug-likeness (QED) is 0.898. The molecule has 0 saturated heterocycles. The number of hydrogen-bond donors (Lipinski definition) is 1. The Bertz CT molecular complexity index is 492. The minimum atomic E-state index is 0.750. The third kappa shape index (κ3) is 3.62. The first-order valence-electron chi connectivity index (χ1n) is 8.46. The molecule has 2 aliphatic rings. The van der Waals surface area contributed by atoms with E-state index >= 15 is 0 Å². The molecule has 1 N–H and O–H groups in total. The predicted octanol–water partition coefficient (Wildman–Crippen LogP) is 3.73. The number of aromatic nitrogens is 2. The van der Waals surface area contributed by atoms with Gasteiger partial charge in [-0.2, -0.15) is 5.10 Å². The van der Waals surface area contributed by atoms with Gasteiger partial charge in [0.25, 0.3) is 0 Å². The first-order valence-corrected chi connectivity index (χ1v) is 8.83. The van der Waals surface area contributed by atoms with Crippen molar-refractivity contribution in [1.29, 1.82) is 0 Å². The molecule has 0 aliphatic heterocycles. The Morgan fingerprint density at radius 1 is 1.24 bits per heavy atom. The average molecular weight is 310 g/mol. The molecule has 0 spiro atoms. The summed E-state index contributed by atoms with van der Waals surface area (Å²) in [6.45, 7) is 5.68. The lowest BCUT2D eigenvalue weighted by atomic mass is 9.72. The van der Waals surface area contributed by atoms with Crippen molar-refractivity contribution in [2.75, 3.05) is 6.54 Å². The van der Waals surface area contributed by atoms with E-state index in [-0.39, 0.29) is 0 Å². The summed E-state index contributed by atoms with van der Waals surface area (Å²) in [5, 5.41) is 9.04. The summed E-state index contributed by atoms with van der Waals surface area (Å²) in [7, 11) is 1.94. The monoisotopic (exact) mass is 309 g/mol. The van der Waals surface area contributed by atoms with Crippen LogP contribution in [0.5, 0.6) is 0 Å². The van der Waals surface area contributed by atoms with Crippen LogP contribution in [0.15, 0.2) is 0 Å². The normalized spacial score (nSPS) is 29.8. The molecule has 1 heterocycles. The molecule has 2 aliphatic carbocycles. The molecular formula is C17H28ClN3.